The number of aromatic nitrogens is 2. The summed E-state index contributed by atoms with van der Waals surface area (Å²) in [7, 11) is 0. The van der Waals surface area contributed by atoms with E-state index in [4.69, 9.17) is 5.11 Å². The smallest absolute Gasteiger partial charge is 0.354 e. The molecule has 76 valence electrons. The second-order valence-electron chi connectivity index (χ2n) is 2.41. The van der Waals surface area contributed by atoms with Gasteiger partial charge in [-0.25, -0.2) is 9.78 Å². The molecule has 0 radical (unpaired) electrons. The molecule has 2 heterocycles. The van der Waals surface area contributed by atoms with E-state index < -0.39 is 5.97 Å². The van der Waals surface area contributed by atoms with Crippen molar-refractivity contribution in [2.45, 2.75) is 20.8 Å². The Labute approximate surface area is 85.8 Å². The summed E-state index contributed by atoms with van der Waals surface area (Å²) in [6.07, 6.45) is 1.71. The zero-order valence-corrected chi connectivity index (χ0v) is 9.13. The predicted molar refractivity (Wildman–Crippen MR) is 56.1 cm³/mol. The number of carboxylic acid groups (broad SMARTS) is 1. The number of fused-ring (bicyclic) bond motifs is 1. The number of imidazole rings is 1. The van der Waals surface area contributed by atoms with Crippen LogP contribution in [0.15, 0.2) is 11.6 Å². The lowest BCUT2D eigenvalue weighted by Gasteiger charge is -1.90. The Morgan fingerprint density at radius 3 is 2.79 bits per heavy atom. The van der Waals surface area contributed by atoms with Crippen LogP contribution in [0.25, 0.3) is 4.96 Å². The van der Waals surface area contributed by atoms with Crippen molar-refractivity contribution < 1.29 is 9.90 Å². The molecule has 0 fully saturated rings. The third-order valence-corrected chi connectivity index (χ3v) is 2.40. The monoisotopic (exact) mass is 212 g/mol. The Morgan fingerprint density at radius 1 is 1.57 bits per heavy atom. The zero-order chi connectivity index (χ0) is 10.7. The van der Waals surface area contributed by atoms with Crippen LogP contribution in [0.3, 0.4) is 0 Å². The number of hydrogen-bond donors (Lipinski definition) is 1. The van der Waals surface area contributed by atoms with E-state index in [0.29, 0.717) is 5.69 Å². The van der Waals surface area contributed by atoms with Crippen LogP contribution in [-0.2, 0) is 0 Å². The van der Waals surface area contributed by atoms with Crippen molar-refractivity contribution in [3.8, 4) is 0 Å². The average Bonchev–Trinajstić information content (AvgIpc) is 2.66. The number of carboxylic acids is 1. The number of thiazole rings is 1. The molecule has 2 aromatic rings. The number of aryl methyl sites for hydroxylation is 1. The summed E-state index contributed by atoms with van der Waals surface area (Å²) in [6, 6.07) is 0. The molecule has 5 heteroatoms. The highest BCUT2D eigenvalue weighted by Crippen LogP contribution is 2.16. The van der Waals surface area contributed by atoms with Crippen molar-refractivity contribution in [2.75, 3.05) is 0 Å². The first kappa shape index (κ1) is 10.7. The Hall–Kier alpha value is -1.36. The minimum absolute atomic E-state index is 0.256. The fourth-order valence-electron chi connectivity index (χ4n) is 1.15. The second-order valence-corrected chi connectivity index (χ2v) is 3.28. The Balaban J connectivity index is 0.000000461. The molecule has 0 aliphatic rings. The summed E-state index contributed by atoms with van der Waals surface area (Å²) in [5.74, 6) is -0.932. The Kier molecular flexibility index (Phi) is 3.24. The van der Waals surface area contributed by atoms with E-state index in [9.17, 15) is 4.79 Å². The van der Waals surface area contributed by atoms with Gasteiger partial charge in [-0.2, -0.15) is 0 Å². The number of carbonyl (C=O) groups is 1. The minimum atomic E-state index is -0.932. The molecule has 0 atom stereocenters. The topological polar surface area (TPSA) is 54.6 Å². The highest BCUT2D eigenvalue weighted by atomic mass is 32.1. The van der Waals surface area contributed by atoms with E-state index >= 15 is 0 Å². The van der Waals surface area contributed by atoms with Crippen LogP contribution in [-0.4, -0.2) is 20.5 Å². The second kappa shape index (κ2) is 4.23. The quantitative estimate of drug-likeness (QED) is 0.789. The van der Waals surface area contributed by atoms with Crippen LogP contribution in [0.5, 0.6) is 0 Å². The summed E-state index contributed by atoms with van der Waals surface area (Å²) in [4.78, 5) is 15.6. The fraction of sp³-hybridized carbons (Fsp3) is 0.333. The third kappa shape index (κ3) is 1.63. The molecule has 0 saturated heterocycles. The Morgan fingerprint density at radius 2 is 2.21 bits per heavy atom. The number of rotatable bonds is 1. The van der Waals surface area contributed by atoms with Crippen molar-refractivity contribution in [3.63, 3.8) is 0 Å². The first-order chi connectivity index (χ1) is 6.70. The molecule has 0 unspecified atom stereocenters. The molecular weight excluding hydrogens is 200 g/mol. The van der Waals surface area contributed by atoms with Crippen LogP contribution in [0, 0.1) is 6.92 Å². The molecule has 0 saturated carbocycles. The number of hydrogen-bond acceptors (Lipinski definition) is 3. The van der Waals surface area contributed by atoms with E-state index in [1.54, 1.807) is 17.5 Å². The molecular formula is C9H12N2O2S. The average molecular weight is 212 g/mol. The molecule has 14 heavy (non-hydrogen) atoms. The van der Waals surface area contributed by atoms with Crippen molar-refractivity contribution >= 4 is 22.3 Å². The number of aromatic carboxylic acids is 1. The van der Waals surface area contributed by atoms with E-state index in [-0.39, 0.29) is 5.69 Å². The molecule has 0 aromatic carbocycles. The minimum Gasteiger partial charge on any atom is -0.477 e. The fourth-order valence-corrected chi connectivity index (χ4v) is 1.91. The van der Waals surface area contributed by atoms with E-state index in [1.807, 2.05) is 19.2 Å². The largest absolute Gasteiger partial charge is 0.477 e. The third-order valence-electron chi connectivity index (χ3n) is 1.64. The highest BCUT2D eigenvalue weighted by molar-refractivity contribution is 7.15. The van der Waals surface area contributed by atoms with Gasteiger partial charge in [0.25, 0.3) is 0 Å². The maximum absolute atomic E-state index is 10.7. The van der Waals surface area contributed by atoms with Crippen molar-refractivity contribution in [1.82, 2.24) is 9.38 Å². The van der Waals surface area contributed by atoms with Gasteiger partial charge in [0.2, 0.25) is 0 Å². The van der Waals surface area contributed by atoms with Crippen molar-refractivity contribution in [3.05, 3.63) is 23.0 Å². The van der Waals surface area contributed by atoms with Gasteiger partial charge in [0, 0.05) is 11.6 Å². The first-order valence-electron chi connectivity index (χ1n) is 4.35. The lowest BCUT2D eigenvalue weighted by molar-refractivity contribution is 0.0688. The molecule has 0 aliphatic carbocycles. The maximum Gasteiger partial charge on any atom is 0.354 e. The number of nitrogens with zero attached hydrogens (tertiary/aromatic N) is 2. The maximum atomic E-state index is 10.7. The van der Waals surface area contributed by atoms with Gasteiger partial charge in [-0.15, -0.1) is 11.3 Å². The van der Waals surface area contributed by atoms with Crippen LogP contribution < -0.4 is 0 Å². The zero-order valence-electron chi connectivity index (χ0n) is 8.31. The molecule has 0 bridgehead atoms. The Bertz CT molecular complexity index is 445. The van der Waals surface area contributed by atoms with Gasteiger partial charge in [0.15, 0.2) is 10.7 Å². The summed E-state index contributed by atoms with van der Waals surface area (Å²) in [5.41, 5.74) is 0.820. The summed E-state index contributed by atoms with van der Waals surface area (Å²) in [6.45, 7) is 5.70. The molecule has 4 nitrogen and oxygen atoms in total. The standard InChI is InChI=1S/C7H6N2O2S.C2H6/c1-4-5(6(10)11)9-2-3-12-7(9)8-4;1-2/h2-3H,1H3,(H,10,11);1-2H3. The van der Waals surface area contributed by atoms with E-state index in [0.717, 1.165) is 4.96 Å². The lowest BCUT2D eigenvalue weighted by atomic mass is 10.3. The van der Waals surface area contributed by atoms with Crippen molar-refractivity contribution in [1.29, 1.82) is 0 Å². The molecule has 0 spiro atoms. The molecule has 0 amide bonds. The lowest BCUT2D eigenvalue weighted by Crippen LogP contribution is -2.01. The van der Waals surface area contributed by atoms with Gasteiger partial charge in [0.1, 0.15) is 0 Å². The van der Waals surface area contributed by atoms with Crippen LogP contribution in [0.1, 0.15) is 30.0 Å². The predicted octanol–water partition coefficient (Wildman–Crippen LogP) is 2.43. The van der Waals surface area contributed by atoms with Crippen LogP contribution >= 0.6 is 11.3 Å². The van der Waals surface area contributed by atoms with Gasteiger partial charge in [-0.1, -0.05) is 13.8 Å². The highest BCUT2D eigenvalue weighted by Gasteiger charge is 2.15. The van der Waals surface area contributed by atoms with Crippen LogP contribution in [0.2, 0.25) is 0 Å². The summed E-state index contributed by atoms with van der Waals surface area (Å²) < 4.78 is 1.59. The van der Waals surface area contributed by atoms with Gasteiger partial charge in [-0.05, 0) is 6.92 Å². The molecule has 1 N–H and O–H groups in total. The normalized spacial score (nSPS) is 9.64. The van der Waals surface area contributed by atoms with Gasteiger partial charge in [0.05, 0.1) is 5.69 Å². The molecule has 2 aromatic heterocycles. The van der Waals surface area contributed by atoms with E-state index in [1.165, 1.54) is 11.3 Å². The van der Waals surface area contributed by atoms with Gasteiger partial charge in [-0.3, -0.25) is 4.40 Å². The van der Waals surface area contributed by atoms with Crippen LogP contribution in [0.4, 0.5) is 0 Å². The molecule has 2 rings (SSSR count). The first-order valence-corrected chi connectivity index (χ1v) is 5.23. The van der Waals surface area contributed by atoms with Gasteiger partial charge < -0.3 is 5.11 Å². The van der Waals surface area contributed by atoms with Crippen molar-refractivity contribution in [2.24, 2.45) is 0 Å². The SMILES string of the molecule is CC.Cc1nc2sccn2c1C(=O)O. The van der Waals surface area contributed by atoms with Gasteiger partial charge >= 0.3 is 5.97 Å². The van der Waals surface area contributed by atoms with E-state index in [2.05, 4.69) is 4.98 Å². The molecule has 0 aliphatic heterocycles. The summed E-state index contributed by atoms with van der Waals surface area (Å²) in [5, 5.41) is 10.6. The summed E-state index contributed by atoms with van der Waals surface area (Å²) >= 11 is 1.43.